The molecular weight excluding hydrogens is 473 g/mol. The zero-order valence-corrected chi connectivity index (χ0v) is 21.5. The van der Waals surface area contributed by atoms with Gasteiger partial charge in [0, 0.05) is 13.1 Å². The van der Waals surface area contributed by atoms with Gasteiger partial charge in [-0.05, 0) is 42.7 Å². The van der Waals surface area contributed by atoms with Gasteiger partial charge < -0.3 is 15.0 Å². The number of benzene rings is 2. The van der Waals surface area contributed by atoms with Crippen LogP contribution in [-0.2, 0) is 26.2 Å². The Bertz CT molecular complexity index is 1110. The van der Waals surface area contributed by atoms with Gasteiger partial charge in [-0.1, -0.05) is 44.5 Å². The molecule has 8 nitrogen and oxygen atoms in total. The van der Waals surface area contributed by atoms with Gasteiger partial charge in [-0.25, -0.2) is 12.8 Å². The van der Waals surface area contributed by atoms with Crippen LogP contribution >= 0.6 is 0 Å². The highest BCUT2D eigenvalue weighted by Crippen LogP contribution is 2.23. The van der Waals surface area contributed by atoms with Crippen molar-refractivity contribution in [3.63, 3.8) is 0 Å². The molecule has 2 rings (SSSR count). The molecular formula is C25H34FN3O5S. The summed E-state index contributed by atoms with van der Waals surface area (Å²) in [5.41, 5.74) is 0.472. The molecule has 35 heavy (non-hydrogen) atoms. The molecule has 0 aromatic heterocycles. The van der Waals surface area contributed by atoms with Gasteiger partial charge in [0.05, 0.1) is 19.1 Å². The Morgan fingerprint density at radius 3 is 2.43 bits per heavy atom. The SMILES string of the molecule is CCCCNC(=O)C(CC)N(Cc1cccc(OC)c1)C(=O)CN(c1ccccc1F)S(C)(=O)=O. The zero-order valence-electron chi connectivity index (χ0n) is 20.7. The van der Waals surface area contributed by atoms with E-state index in [0.717, 1.165) is 29.5 Å². The van der Waals surface area contributed by atoms with E-state index in [9.17, 15) is 22.4 Å². The van der Waals surface area contributed by atoms with Crippen molar-refractivity contribution in [2.24, 2.45) is 0 Å². The van der Waals surface area contributed by atoms with Gasteiger partial charge in [-0.2, -0.15) is 0 Å². The number of amides is 2. The van der Waals surface area contributed by atoms with Crippen LogP contribution in [0.25, 0.3) is 0 Å². The predicted octanol–water partition coefficient (Wildman–Crippen LogP) is 3.32. The Kier molecular flexibility index (Phi) is 10.5. The minimum absolute atomic E-state index is 0.0462. The Balaban J connectivity index is 2.43. The Labute approximate surface area is 207 Å². The lowest BCUT2D eigenvalue weighted by atomic mass is 10.1. The third-order valence-corrected chi connectivity index (χ3v) is 6.63. The van der Waals surface area contributed by atoms with Crippen molar-refractivity contribution in [2.75, 3.05) is 30.8 Å². The molecule has 0 radical (unpaired) electrons. The van der Waals surface area contributed by atoms with E-state index in [1.165, 1.54) is 30.2 Å². The lowest BCUT2D eigenvalue weighted by Crippen LogP contribution is -2.52. The standard InChI is InChI=1S/C25H34FN3O5S/c1-5-7-15-27-25(31)22(6-2)28(17-19-11-10-12-20(16-19)34-3)24(30)18-29(35(4,32)33)23-14-9-8-13-21(23)26/h8-14,16,22H,5-7,15,17-18H2,1-4H3,(H,27,31). The molecule has 0 saturated carbocycles. The van der Waals surface area contributed by atoms with Crippen LogP contribution in [0.2, 0.25) is 0 Å². The van der Waals surface area contributed by atoms with E-state index in [0.29, 0.717) is 24.3 Å². The maximum atomic E-state index is 14.5. The molecule has 0 aliphatic carbocycles. The van der Waals surface area contributed by atoms with Crippen molar-refractivity contribution >= 4 is 27.5 Å². The first-order chi connectivity index (χ1) is 16.6. The fourth-order valence-corrected chi connectivity index (χ4v) is 4.49. The molecule has 0 spiro atoms. The minimum Gasteiger partial charge on any atom is -0.497 e. The van der Waals surface area contributed by atoms with Crippen LogP contribution in [-0.4, -0.2) is 57.6 Å². The summed E-state index contributed by atoms with van der Waals surface area (Å²) in [6.45, 7) is 3.65. The zero-order chi connectivity index (χ0) is 26.0. The van der Waals surface area contributed by atoms with Crippen molar-refractivity contribution < 1.29 is 27.1 Å². The van der Waals surface area contributed by atoms with Crippen LogP contribution in [0.3, 0.4) is 0 Å². The molecule has 2 aromatic carbocycles. The van der Waals surface area contributed by atoms with Crippen LogP contribution in [0.4, 0.5) is 10.1 Å². The number of hydrogen-bond donors (Lipinski definition) is 1. The van der Waals surface area contributed by atoms with Gasteiger partial charge in [0.15, 0.2) is 0 Å². The van der Waals surface area contributed by atoms with E-state index in [-0.39, 0.29) is 18.1 Å². The summed E-state index contributed by atoms with van der Waals surface area (Å²) in [6.07, 6.45) is 2.91. The summed E-state index contributed by atoms with van der Waals surface area (Å²) in [7, 11) is -2.47. The van der Waals surface area contributed by atoms with Crippen LogP contribution in [0.5, 0.6) is 5.75 Å². The minimum atomic E-state index is -4.00. The molecule has 0 fully saturated rings. The monoisotopic (exact) mass is 507 g/mol. The van der Waals surface area contributed by atoms with Crippen LogP contribution in [0.1, 0.15) is 38.7 Å². The maximum Gasteiger partial charge on any atom is 0.244 e. The van der Waals surface area contributed by atoms with Crippen molar-refractivity contribution in [3.05, 3.63) is 59.9 Å². The average Bonchev–Trinajstić information content (AvgIpc) is 2.82. The molecule has 192 valence electrons. The lowest BCUT2D eigenvalue weighted by Gasteiger charge is -2.33. The van der Waals surface area contributed by atoms with Gasteiger partial charge in [-0.15, -0.1) is 0 Å². The number of hydrogen-bond acceptors (Lipinski definition) is 5. The number of rotatable bonds is 13. The number of nitrogens with one attached hydrogen (secondary N) is 1. The number of carbonyl (C=O) groups is 2. The van der Waals surface area contributed by atoms with Crippen molar-refractivity contribution in [1.29, 1.82) is 0 Å². The fraction of sp³-hybridized carbons (Fsp3) is 0.440. The van der Waals surface area contributed by atoms with E-state index >= 15 is 0 Å². The van der Waals surface area contributed by atoms with Crippen LogP contribution in [0, 0.1) is 5.82 Å². The number of ether oxygens (including phenoxy) is 1. The molecule has 1 unspecified atom stereocenters. The topological polar surface area (TPSA) is 96.0 Å². The molecule has 10 heteroatoms. The largest absolute Gasteiger partial charge is 0.497 e. The maximum absolute atomic E-state index is 14.5. The quantitative estimate of drug-likeness (QED) is 0.420. The molecule has 1 N–H and O–H groups in total. The van der Waals surface area contributed by atoms with E-state index < -0.39 is 34.3 Å². The highest BCUT2D eigenvalue weighted by molar-refractivity contribution is 7.92. The molecule has 0 saturated heterocycles. The molecule has 0 bridgehead atoms. The highest BCUT2D eigenvalue weighted by Gasteiger charge is 2.32. The number of halogens is 1. The Morgan fingerprint density at radius 2 is 1.83 bits per heavy atom. The van der Waals surface area contributed by atoms with E-state index in [2.05, 4.69) is 5.32 Å². The van der Waals surface area contributed by atoms with Crippen molar-refractivity contribution in [3.8, 4) is 5.75 Å². The van der Waals surface area contributed by atoms with Gasteiger partial charge in [0.1, 0.15) is 24.2 Å². The molecule has 2 aromatic rings. The average molecular weight is 508 g/mol. The van der Waals surface area contributed by atoms with Crippen LogP contribution in [0.15, 0.2) is 48.5 Å². The predicted molar refractivity (Wildman–Crippen MR) is 134 cm³/mol. The second-order valence-corrected chi connectivity index (χ2v) is 10.1. The summed E-state index contributed by atoms with van der Waals surface area (Å²) < 4.78 is 45.5. The molecule has 1 atom stereocenters. The first kappa shape index (κ1) is 28.1. The Hall–Kier alpha value is -3.14. The number of sulfonamides is 1. The summed E-state index contributed by atoms with van der Waals surface area (Å²) in [5.74, 6) is -1.14. The Morgan fingerprint density at radius 1 is 1.11 bits per heavy atom. The van der Waals surface area contributed by atoms with Crippen LogP contribution < -0.4 is 14.4 Å². The summed E-state index contributed by atoms with van der Waals surface area (Å²) >= 11 is 0. The number of carbonyl (C=O) groups excluding carboxylic acids is 2. The second-order valence-electron chi connectivity index (χ2n) is 8.16. The molecule has 2 amide bonds. The van der Waals surface area contributed by atoms with E-state index in [1.54, 1.807) is 31.2 Å². The van der Waals surface area contributed by atoms with E-state index in [1.807, 2.05) is 6.92 Å². The van der Waals surface area contributed by atoms with E-state index in [4.69, 9.17) is 4.74 Å². The first-order valence-corrected chi connectivity index (χ1v) is 13.4. The second kappa shape index (κ2) is 13.1. The molecule has 0 aliphatic rings. The highest BCUT2D eigenvalue weighted by atomic mass is 32.2. The smallest absolute Gasteiger partial charge is 0.244 e. The fourth-order valence-electron chi connectivity index (χ4n) is 3.64. The van der Waals surface area contributed by atoms with Gasteiger partial charge in [-0.3, -0.25) is 13.9 Å². The first-order valence-electron chi connectivity index (χ1n) is 11.5. The third-order valence-electron chi connectivity index (χ3n) is 5.50. The molecule has 0 aliphatic heterocycles. The number of anilines is 1. The van der Waals surface area contributed by atoms with Gasteiger partial charge >= 0.3 is 0 Å². The normalized spacial score (nSPS) is 12.0. The summed E-state index contributed by atoms with van der Waals surface area (Å²) in [4.78, 5) is 27.9. The van der Waals surface area contributed by atoms with Crippen molar-refractivity contribution in [1.82, 2.24) is 10.2 Å². The van der Waals surface area contributed by atoms with Gasteiger partial charge in [0.2, 0.25) is 21.8 Å². The summed E-state index contributed by atoms with van der Waals surface area (Å²) in [6, 6.07) is 11.6. The number of nitrogens with zero attached hydrogens (tertiary/aromatic N) is 2. The summed E-state index contributed by atoms with van der Waals surface area (Å²) in [5, 5.41) is 2.85. The number of methoxy groups -OCH3 is 1. The van der Waals surface area contributed by atoms with Gasteiger partial charge in [0.25, 0.3) is 0 Å². The molecule has 0 heterocycles. The number of para-hydroxylation sites is 1. The third kappa shape index (κ3) is 7.95. The number of unbranched alkanes of at least 4 members (excludes halogenated alkanes) is 1. The lowest BCUT2D eigenvalue weighted by molar-refractivity contribution is -0.140. The van der Waals surface area contributed by atoms with Crippen molar-refractivity contribution in [2.45, 2.75) is 45.7 Å².